The second-order valence-corrected chi connectivity index (χ2v) is 16.1. The first kappa shape index (κ1) is 48.5. The quantitative estimate of drug-likeness (QED) is 0.0223. The molecule has 0 aromatic carbocycles. The number of likely N-dealkylation sites (N-methyl/N-ethyl adjacent to an activating group) is 1. The molecule has 0 heterocycles. The first-order chi connectivity index (χ1) is 24.0. The van der Waals surface area contributed by atoms with Crippen LogP contribution in [0.2, 0.25) is 0 Å². The number of nitrogens with zero attached hydrogens (tertiary/aromatic N) is 1. The minimum absolute atomic E-state index is 0.0323. The summed E-state index contributed by atoms with van der Waals surface area (Å²) in [7, 11) is 1.47. The monoisotopic (exact) mass is 731 g/mol. The Balaban J connectivity index is 4.24. The van der Waals surface area contributed by atoms with Crippen LogP contribution in [-0.2, 0) is 32.7 Å². The van der Waals surface area contributed by atoms with Gasteiger partial charge in [-0.2, -0.15) is 0 Å². The highest BCUT2D eigenvalue weighted by atomic mass is 31.2. The molecule has 2 atom stereocenters. The number of phosphoric ester groups is 1. The number of carbonyl (C=O) groups is 2. The number of rotatable bonds is 36. The van der Waals surface area contributed by atoms with E-state index in [4.69, 9.17) is 18.5 Å². The van der Waals surface area contributed by atoms with Gasteiger partial charge in [0.25, 0.3) is 0 Å². The number of unbranched alkanes of at least 4 members (excludes halogenated alkanes) is 18. The maximum absolute atomic E-state index is 12.5. The van der Waals surface area contributed by atoms with Gasteiger partial charge in [-0.15, -0.1) is 0 Å². The molecule has 0 saturated heterocycles. The number of hydrogen-bond acceptors (Lipinski definition) is 7. The van der Waals surface area contributed by atoms with E-state index < -0.39 is 26.5 Å². The zero-order valence-corrected chi connectivity index (χ0v) is 33.8. The predicted molar refractivity (Wildman–Crippen MR) is 206 cm³/mol. The van der Waals surface area contributed by atoms with Crippen molar-refractivity contribution in [2.75, 3.05) is 47.5 Å². The Morgan fingerprint density at radius 1 is 0.620 bits per heavy atom. The Kier molecular flexibility index (Phi) is 32.3. The van der Waals surface area contributed by atoms with Crippen molar-refractivity contribution >= 4 is 19.8 Å². The molecule has 0 amide bonds. The van der Waals surface area contributed by atoms with Gasteiger partial charge in [0.2, 0.25) is 0 Å². The fraction of sp³-hybridized carbons (Fsp3) is 0.850. The summed E-state index contributed by atoms with van der Waals surface area (Å²) in [6.07, 6.45) is 33.9. The lowest BCUT2D eigenvalue weighted by atomic mass is 10.1. The van der Waals surface area contributed by atoms with Crippen LogP contribution in [-0.4, -0.2) is 74.9 Å². The smallest absolute Gasteiger partial charge is 0.462 e. The van der Waals surface area contributed by atoms with E-state index in [1.54, 1.807) is 0 Å². The van der Waals surface area contributed by atoms with Crippen molar-refractivity contribution in [3.05, 3.63) is 24.3 Å². The molecular weight excluding hydrogens is 653 g/mol. The second kappa shape index (κ2) is 33.3. The average molecular weight is 731 g/mol. The molecule has 0 aromatic rings. The topological polar surface area (TPSA) is 108 Å². The third-order valence-electron chi connectivity index (χ3n) is 8.48. The van der Waals surface area contributed by atoms with Crippen LogP contribution in [0.4, 0.5) is 0 Å². The lowest BCUT2D eigenvalue weighted by Gasteiger charge is -2.24. The van der Waals surface area contributed by atoms with E-state index in [2.05, 4.69) is 38.2 Å². The highest BCUT2D eigenvalue weighted by Crippen LogP contribution is 2.43. The van der Waals surface area contributed by atoms with Crippen LogP contribution in [0.15, 0.2) is 24.3 Å². The first-order valence-corrected chi connectivity index (χ1v) is 21.6. The van der Waals surface area contributed by atoms with Gasteiger partial charge >= 0.3 is 19.8 Å². The van der Waals surface area contributed by atoms with Crippen molar-refractivity contribution in [3.63, 3.8) is 0 Å². The molecule has 0 rings (SSSR count). The number of phosphoric acid groups is 1. The minimum Gasteiger partial charge on any atom is -0.462 e. The van der Waals surface area contributed by atoms with Gasteiger partial charge in [-0.1, -0.05) is 134 Å². The molecule has 0 spiro atoms. The lowest BCUT2D eigenvalue weighted by Crippen LogP contribution is -2.37. The molecular formula is C40H77NO8P+. The Bertz CT molecular complexity index is 918. The van der Waals surface area contributed by atoms with Crippen LogP contribution in [0.5, 0.6) is 0 Å². The number of esters is 2. The van der Waals surface area contributed by atoms with Gasteiger partial charge in [-0.25, -0.2) is 4.57 Å². The fourth-order valence-electron chi connectivity index (χ4n) is 5.28. The summed E-state index contributed by atoms with van der Waals surface area (Å²) >= 11 is 0. The van der Waals surface area contributed by atoms with E-state index >= 15 is 0 Å². The summed E-state index contributed by atoms with van der Waals surface area (Å²) in [5.74, 6) is -0.809. The zero-order valence-electron chi connectivity index (χ0n) is 32.9. The normalized spacial score (nSPS) is 14.0. The van der Waals surface area contributed by atoms with Crippen molar-refractivity contribution in [1.29, 1.82) is 0 Å². The fourth-order valence-corrected chi connectivity index (χ4v) is 6.02. The Morgan fingerprint density at radius 2 is 1.08 bits per heavy atom. The lowest BCUT2D eigenvalue weighted by molar-refractivity contribution is -0.870. The van der Waals surface area contributed by atoms with Crippen LogP contribution in [0.3, 0.4) is 0 Å². The zero-order chi connectivity index (χ0) is 37.2. The number of carbonyl (C=O) groups excluding carboxylic acids is 2. The SMILES string of the molecule is CCCCC/C=C/C/C=C/CCCCCCCCCCCC(=O)OC[C@@H](COP(=O)(O)OCC[N+](C)(C)C)OC(=O)CCCCCCCCC. The number of ether oxygens (including phenoxy) is 2. The summed E-state index contributed by atoms with van der Waals surface area (Å²) in [5, 5.41) is 0. The molecule has 1 unspecified atom stereocenters. The van der Waals surface area contributed by atoms with Crippen LogP contribution >= 0.6 is 7.82 Å². The van der Waals surface area contributed by atoms with Gasteiger partial charge in [0.15, 0.2) is 6.10 Å². The summed E-state index contributed by atoms with van der Waals surface area (Å²) in [6.45, 7) is 4.33. The maximum atomic E-state index is 12.5. The van der Waals surface area contributed by atoms with Crippen LogP contribution in [0, 0.1) is 0 Å². The minimum atomic E-state index is -4.36. The molecule has 9 nitrogen and oxygen atoms in total. The van der Waals surface area contributed by atoms with Crippen molar-refractivity contribution in [2.45, 2.75) is 174 Å². The molecule has 10 heteroatoms. The van der Waals surface area contributed by atoms with Gasteiger partial charge in [-0.3, -0.25) is 18.6 Å². The van der Waals surface area contributed by atoms with Gasteiger partial charge in [-0.05, 0) is 44.9 Å². The number of allylic oxidation sites excluding steroid dienone is 4. The highest BCUT2D eigenvalue weighted by molar-refractivity contribution is 7.47. The molecule has 0 aliphatic rings. The molecule has 0 bridgehead atoms. The van der Waals surface area contributed by atoms with Crippen LogP contribution < -0.4 is 0 Å². The Labute approximate surface area is 307 Å². The van der Waals surface area contributed by atoms with E-state index in [0.29, 0.717) is 17.4 Å². The molecule has 50 heavy (non-hydrogen) atoms. The third kappa shape index (κ3) is 36.3. The van der Waals surface area contributed by atoms with E-state index in [1.807, 2.05) is 21.1 Å². The Morgan fingerprint density at radius 3 is 1.62 bits per heavy atom. The van der Waals surface area contributed by atoms with E-state index in [1.165, 1.54) is 89.9 Å². The summed E-state index contributed by atoms with van der Waals surface area (Å²) in [5.41, 5.74) is 0. The predicted octanol–water partition coefficient (Wildman–Crippen LogP) is 10.8. The molecule has 0 fully saturated rings. The molecule has 1 N–H and O–H groups in total. The molecule has 0 saturated carbocycles. The van der Waals surface area contributed by atoms with Crippen molar-refractivity contribution < 1.29 is 42.1 Å². The van der Waals surface area contributed by atoms with E-state index in [0.717, 1.165) is 44.9 Å². The van der Waals surface area contributed by atoms with Crippen molar-refractivity contribution in [3.8, 4) is 0 Å². The van der Waals surface area contributed by atoms with Gasteiger partial charge in [0.1, 0.15) is 19.8 Å². The molecule has 0 aliphatic carbocycles. The molecule has 0 radical (unpaired) electrons. The first-order valence-electron chi connectivity index (χ1n) is 20.1. The van der Waals surface area contributed by atoms with Gasteiger partial charge in [0, 0.05) is 12.8 Å². The standard InChI is InChI=1S/C40H76NO8P/c1-6-8-10-12-14-15-16-17-18-19-20-21-22-23-24-25-27-28-30-32-39(42)46-36-38(37-48-50(44,45)47-35-34-41(3,4)5)49-40(43)33-31-29-26-13-11-9-7-2/h14-15,17-18,38H,6-13,16,19-37H2,1-5H3/p+1/b15-14+,18-17+/t38-/m0/s1. The summed E-state index contributed by atoms with van der Waals surface area (Å²) in [4.78, 5) is 35.1. The highest BCUT2D eigenvalue weighted by Gasteiger charge is 2.27. The van der Waals surface area contributed by atoms with Gasteiger partial charge in [0.05, 0.1) is 27.7 Å². The van der Waals surface area contributed by atoms with Crippen molar-refractivity contribution in [1.82, 2.24) is 0 Å². The van der Waals surface area contributed by atoms with E-state index in [9.17, 15) is 19.0 Å². The second-order valence-electron chi connectivity index (χ2n) is 14.7. The number of hydrogen-bond donors (Lipinski definition) is 1. The van der Waals surface area contributed by atoms with Gasteiger partial charge < -0.3 is 18.9 Å². The Hall–Kier alpha value is -1.51. The van der Waals surface area contributed by atoms with Crippen LogP contribution in [0.25, 0.3) is 0 Å². The molecule has 0 aliphatic heterocycles. The summed E-state index contributed by atoms with van der Waals surface area (Å²) < 4.78 is 34.1. The molecule has 294 valence electrons. The summed E-state index contributed by atoms with van der Waals surface area (Å²) in [6, 6.07) is 0. The molecule has 0 aromatic heterocycles. The average Bonchev–Trinajstić information content (AvgIpc) is 3.06. The maximum Gasteiger partial charge on any atom is 0.472 e. The number of quaternary nitrogens is 1. The largest absolute Gasteiger partial charge is 0.472 e. The van der Waals surface area contributed by atoms with Crippen LogP contribution in [0.1, 0.15) is 168 Å². The van der Waals surface area contributed by atoms with Crippen molar-refractivity contribution in [2.24, 2.45) is 0 Å². The van der Waals surface area contributed by atoms with E-state index in [-0.39, 0.29) is 32.0 Å². The third-order valence-corrected chi connectivity index (χ3v) is 9.47.